The number of carbonyl (C=O) groups is 3. The first-order valence-corrected chi connectivity index (χ1v) is 7.96. The third-order valence-electron chi connectivity index (χ3n) is 3.52. The van der Waals surface area contributed by atoms with Gasteiger partial charge in [-0.05, 0) is 26.3 Å². The van der Waals surface area contributed by atoms with Crippen molar-refractivity contribution < 1.29 is 19.1 Å². The number of methoxy groups -OCH3 is 1. The van der Waals surface area contributed by atoms with E-state index < -0.39 is 17.6 Å². The van der Waals surface area contributed by atoms with Crippen molar-refractivity contribution in [2.75, 3.05) is 18.7 Å². The van der Waals surface area contributed by atoms with Crippen molar-refractivity contribution in [3.05, 3.63) is 12.2 Å². The molecule has 0 bridgehead atoms. The maximum absolute atomic E-state index is 12.4. The number of nitrogens with one attached hydrogen (secondary N) is 1. The Morgan fingerprint density at radius 3 is 2.67 bits per heavy atom. The van der Waals surface area contributed by atoms with E-state index >= 15 is 0 Å². The number of hydrogen-bond donors (Lipinski definition) is 1. The minimum absolute atomic E-state index is 0.195. The van der Waals surface area contributed by atoms with Crippen LogP contribution < -0.4 is 5.32 Å². The molecule has 0 radical (unpaired) electrons. The van der Waals surface area contributed by atoms with Crippen LogP contribution >= 0.6 is 11.8 Å². The lowest BCUT2D eigenvalue weighted by atomic mass is 9.98. The molecule has 1 rings (SSSR count). The first kappa shape index (κ1) is 17.6. The summed E-state index contributed by atoms with van der Waals surface area (Å²) in [5.74, 6) is -0.0137. The molecule has 1 aliphatic heterocycles. The maximum atomic E-state index is 12.4. The molecule has 118 valence electrons. The average Bonchev–Trinajstić information content (AvgIpc) is 2.96. The molecule has 0 aromatic rings. The van der Waals surface area contributed by atoms with Crippen molar-refractivity contribution in [3.8, 4) is 0 Å². The molecular formula is C14H22N2O4S. The molecule has 1 heterocycles. The number of rotatable bonds is 5. The number of hydrogen-bond acceptors (Lipinski definition) is 5. The lowest BCUT2D eigenvalue weighted by molar-refractivity contribution is -0.151. The molecule has 0 aromatic carbocycles. The Kier molecular flexibility index (Phi) is 6.26. The highest BCUT2D eigenvalue weighted by molar-refractivity contribution is 7.99. The normalized spacial score (nSPS) is 21.1. The van der Waals surface area contributed by atoms with Crippen LogP contribution in [0.5, 0.6) is 0 Å². The van der Waals surface area contributed by atoms with Crippen molar-refractivity contribution in [2.24, 2.45) is 0 Å². The fourth-order valence-electron chi connectivity index (χ4n) is 1.98. The van der Waals surface area contributed by atoms with Gasteiger partial charge < -0.3 is 15.0 Å². The standard InChI is InChI=1S/C14H22N2O4S/c1-5-7-11(17)16-9-21-8-10(16)12(18)15-14(3,6-2)13(19)20-4/h5,7,10H,6,8-9H2,1-4H3,(H,15,18)/b7-5+/t10-,14-/m1/s1. The van der Waals surface area contributed by atoms with Gasteiger partial charge >= 0.3 is 5.97 Å². The van der Waals surface area contributed by atoms with Gasteiger partial charge in [0.25, 0.3) is 0 Å². The molecule has 6 nitrogen and oxygen atoms in total. The van der Waals surface area contributed by atoms with Crippen LogP contribution in [0.2, 0.25) is 0 Å². The largest absolute Gasteiger partial charge is 0.467 e. The van der Waals surface area contributed by atoms with Gasteiger partial charge in [-0.25, -0.2) is 4.79 Å². The Balaban J connectivity index is 2.82. The Hall–Kier alpha value is -1.50. The molecule has 2 amide bonds. The van der Waals surface area contributed by atoms with Crippen molar-refractivity contribution in [1.82, 2.24) is 10.2 Å². The Morgan fingerprint density at radius 2 is 2.14 bits per heavy atom. The Morgan fingerprint density at radius 1 is 1.48 bits per heavy atom. The highest BCUT2D eigenvalue weighted by atomic mass is 32.2. The molecule has 0 saturated carbocycles. The van der Waals surface area contributed by atoms with Gasteiger partial charge in [0.2, 0.25) is 11.8 Å². The Bertz CT molecular complexity index is 452. The van der Waals surface area contributed by atoms with E-state index in [2.05, 4.69) is 5.32 Å². The van der Waals surface area contributed by atoms with Crippen LogP contribution in [0.4, 0.5) is 0 Å². The second kappa shape index (κ2) is 7.49. The van der Waals surface area contributed by atoms with Crippen LogP contribution in [-0.4, -0.2) is 53.0 Å². The van der Waals surface area contributed by atoms with Crippen LogP contribution in [0.3, 0.4) is 0 Å². The monoisotopic (exact) mass is 314 g/mol. The zero-order chi connectivity index (χ0) is 16.0. The third kappa shape index (κ3) is 4.00. The number of allylic oxidation sites excluding steroid dienone is 1. The van der Waals surface area contributed by atoms with Crippen molar-refractivity contribution in [1.29, 1.82) is 0 Å². The predicted octanol–water partition coefficient (Wildman–Crippen LogP) is 0.922. The van der Waals surface area contributed by atoms with Crippen LogP contribution in [0.15, 0.2) is 12.2 Å². The maximum Gasteiger partial charge on any atom is 0.331 e. The van der Waals surface area contributed by atoms with E-state index in [0.717, 1.165) is 0 Å². The molecule has 0 aromatic heterocycles. The minimum atomic E-state index is -1.07. The van der Waals surface area contributed by atoms with Gasteiger partial charge in [-0.2, -0.15) is 0 Å². The zero-order valence-corrected chi connectivity index (χ0v) is 13.7. The van der Waals surface area contributed by atoms with Crippen LogP contribution in [0, 0.1) is 0 Å². The van der Waals surface area contributed by atoms with E-state index in [1.807, 2.05) is 0 Å². The minimum Gasteiger partial charge on any atom is -0.467 e. The average molecular weight is 314 g/mol. The molecule has 1 saturated heterocycles. The van der Waals surface area contributed by atoms with E-state index in [9.17, 15) is 14.4 Å². The fourth-order valence-corrected chi connectivity index (χ4v) is 3.14. The summed E-state index contributed by atoms with van der Waals surface area (Å²) in [6.07, 6.45) is 3.49. The van der Waals surface area contributed by atoms with E-state index in [0.29, 0.717) is 18.1 Å². The van der Waals surface area contributed by atoms with Gasteiger partial charge in [0.15, 0.2) is 0 Å². The molecule has 1 aliphatic rings. The highest BCUT2D eigenvalue weighted by Gasteiger charge is 2.40. The van der Waals surface area contributed by atoms with Crippen LogP contribution in [0.1, 0.15) is 27.2 Å². The summed E-state index contributed by atoms with van der Waals surface area (Å²) in [4.78, 5) is 37.7. The number of amides is 2. The number of ether oxygens (including phenoxy) is 1. The topological polar surface area (TPSA) is 75.7 Å². The van der Waals surface area contributed by atoms with Crippen LogP contribution in [-0.2, 0) is 19.1 Å². The van der Waals surface area contributed by atoms with Gasteiger partial charge in [-0.1, -0.05) is 13.0 Å². The lowest BCUT2D eigenvalue weighted by Gasteiger charge is -2.30. The van der Waals surface area contributed by atoms with Crippen molar-refractivity contribution >= 4 is 29.5 Å². The Labute approximate surface area is 129 Å². The van der Waals surface area contributed by atoms with E-state index in [4.69, 9.17) is 4.74 Å². The molecule has 0 unspecified atom stereocenters. The van der Waals surface area contributed by atoms with Crippen molar-refractivity contribution in [2.45, 2.75) is 38.8 Å². The number of nitrogens with zero attached hydrogens (tertiary/aromatic N) is 1. The summed E-state index contributed by atoms with van der Waals surface area (Å²) in [7, 11) is 1.29. The lowest BCUT2D eigenvalue weighted by Crippen LogP contribution is -2.57. The molecule has 2 atom stereocenters. The summed E-state index contributed by atoms with van der Waals surface area (Å²) >= 11 is 1.51. The summed E-state index contributed by atoms with van der Waals surface area (Å²) in [5, 5.41) is 2.72. The molecular weight excluding hydrogens is 292 g/mol. The molecule has 21 heavy (non-hydrogen) atoms. The van der Waals surface area contributed by atoms with E-state index in [-0.39, 0.29) is 11.8 Å². The first-order chi connectivity index (χ1) is 9.89. The van der Waals surface area contributed by atoms with Gasteiger partial charge in [0, 0.05) is 5.75 Å². The van der Waals surface area contributed by atoms with Crippen LogP contribution in [0.25, 0.3) is 0 Å². The number of carbonyl (C=O) groups excluding carboxylic acids is 3. The van der Waals surface area contributed by atoms with E-state index in [1.54, 1.807) is 26.8 Å². The van der Waals surface area contributed by atoms with Crippen molar-refractivity contribution in [3.63, 3.8) is 0 Å². The molecule has 7 heteroatoms. The second-order valence-corrected chi connectivity index (χ2v) is 5.99. The molecule has 0 aliphatic carbocycles. The quantitative estimate of drug-likeness (QED) is 0.603. The number of esters is 1. The van der Waals surface area contributed by atoms with E-state index in [1.165, 1.54) is 29.8 Å². The summed E-state index contributed by atoms with van der Waals surface area (Å²) in [5.41, 5.74) is -1.07. The smallest absolute Gasteiger partial charge is 0.331 e. The second-order valence-electron chi connectivity index (χ2n) is 4.99. The SMILES string of the molecule is C/C=C/C(=O)N1CSC[C@@H]1C(=O)N[C@](C)(CC)C(=O)OC. The van der Waals surface area contributed by atoms with Gasteiger partial charge in [0.05, 0.1) is 13.0 Å². The zero-order valence-electron chi connectivity index (χ0n) is 12.8. The molecule has 0 spiro atoms. The predicted molar refractivity (Wildman–Crippen MR) is 81.6 cm³/mol. The van der Waals surface area contributed by atoms with Gasteiger partial charge in [0.1, 0.15) is 11.6 Å². The summed E-state index contributed by atoms with van der Waals surface area (Å²) in [6, 6.07) is -0.561. The molecule has 1 N–H and O–H groups in total. The summed E-state index contributed by atoms with van der Waals surface area (Å²) < 4.78 is 4.73. The van der Waals surface area contributed by atoms with Gasteiger partial charge in [-0.15, -0.1) is 11.8 Å². The first-order valence-electron chi connectivity index (χ1n) is 6.81. The third-order valence-corrected chi connectivity index (χ3v) is 4.53. The van der Waals surface area contributed by atoms with Gasteiger partial charge in [-0.3, -0.25) is 9.59 Å². The summed E-state index contributed by atoms with van der Waals surface area (Å²) in [6.45, 7) is 5.17. The fraction of sp³-hybridized carbons (Fsp3) is 0.643. The highest BCUT2D eigenvalue weighted by Crippen LogP contribution is 2.22. The number of thioether (sulfide) groups is 1. The molecule has 1 fully saturated rings.